The number of fused-ring (bicyclic) bond motifs is 1. The van der Waals surface area contributed by atoms with Crippen molar-refractivity contribution in [3.63, 3.8) is 0 Å². The summed E-state index contributed by atoms with van der Waals surface area (Å²) in [6.45, 7) is 1.76. The van der Waals surface area contributed by atoms with Crippen molar-refractivity contribution >= 4 is 40.9 Å². The molecule has 0 bridgehead atoms. The summed E-state index contributed by atoms with van der Waals surface area (Å²) in [7, 11) is 0. The topological polar surface area (TPSA) is 75.7 Å². The molecule has 3 rings (SSSR count). The number of hydrogen-bond acceptors (Lipinski definition) is 4. The molecule has 26 heavy (non-hydrogen) atoms. The second-order valence-corrected chi connectivity index (χ2v) is 7.42. The Labute approximate surface area is 161 Å². The van der Waals surface area contributed by atoms with Crippen molar-refractivity contribution in [2.75, 3.05) is 0 Å². The van der Waals surface area contributed by atoms with Gasteiger partial charge in [0.05, 0.1) is 16.9 Å². The quantitative estimate of drug-likeness (QED) is 0.771. The largest absolute Gasteiger partial charge is 0.479 e. The lowest BCUT2D eigenvalue weighted by Crippen LogP contribution is -2.51. The fourth-order valence-corrected chi connectivity index (χ4v) is 3.82. The smallest absolute Gasteiger partial charge is 0.279 e. The minimum Gasteiger partial charge on any atom is -0.479 e. The van der Waals surface area contributed by atoms with Crippen molar-refractivity contribution in [1.29, 1.82) is 0 Å². The average molecular weight is 399 g/mol. The molecule has 0 radical (unpaired) electrons. The SMILES string of the molecule is CC[C@H](Oc1cc(Cl)ccc1Cl)C(=O)NN1C(=O)[C@H]2CCCC[C@H]2C1=O. The van der Waals surface area contributed by atoms with Crippen molar-refractivity contribution in [1.82, 2.24) is 10.4 Å². The Hall–Kier alpha value is -1.79. The van der Waals surface area contributed by atoms with Crippen molar-refractivity contribution in [2.45, 2.75) is 45.1 Å². The number of amides is 3. The summed E-state index contributed by atoms with van der Waals surface area (Å²) in [6, 6.07) is 4.70. The molecule has 1 saturated heterocycles. The van der Waals surface area contributed by atoms with Gasteiger partial charge in [0.1, 0.15) is 5.75 Å². The molecule has 1 heterocycles. The van der Waals surface area contributed by atoms with Gasteiger partial charge in [-0.25, -0.2) is 0 Å². The Morgan fingerprint density at radius 3 is 2.42 bits per heavy atom. The van der Waals surface area contributed by atoms with Crippen LogP contribution in [0.1, 0.15) is 39.0 Å². The zero-order chi connectivity index (χ0) is 18.8. The highest BCUT2D eigenvalue weighted by Crippen LogP contribution is 2.37. The monoisotopic (exact) mass is 398 g/mol. The van der Waals surface area contributed by atoms with E-state index in [0.29, 0.717) is 29.3 Å². The highest BCUT2D eigenvalue weighted by Gasteiger charge is 2.49. The summed E-state index contributed by atoms with van der Waals surface area (Å²) in [4.78, 5) is 37.5. The third-order valence-corrected chi connectivity index (χ3v) is 5.44. The van der Waals surface area contributed by atoms with E-state index >= 15 is 0 Å². The van der Waals surface area contributed by atoms with Crippen LogP contribution in [0.5, 0.6) is 5.75 Å². The first-order valence-corrected chi connectivity index (χ1v) is 9.48. The molecule has 1 aliphatic heterocycles. The van der Waals surface area contributed by atoms with Gasteiger partial charge in [-0.3, -0.25) is 19.8 Å². The van der Waals surface area contributed by atoms with Crippen LogP contribution in [0, 0.1) is 11.8 Å². The summed E-state index contributed by atoms with van der Waals surface area (Å²) in [6.07, 6.45) is 2.65. The number of imide groups is 1. The second kappa shape index (κ2) is 7.84. The van der Waals surface area contributed by atoms with Crippen LogP contribution in [0.4, 0.5) is 0 Å². The molecule has 2 aliphatic rings. The van der Waals surface area contributed by atoms with E-state index in [9.17, 15) is 14.4 Å². The third kappa shape index (κ3) is 3.67. The van der Waals surface area contributed by atoms with Gasteiger partial charge in [-0.15, -0.1) is 0 Å². The van der Waals surface area contributed by atoms with Crippen LogP contribution in [-0.4, -0.2) is 28.8 Å². The zero-order valence-electron chi connectivity index (χ0n) is 14.3. The number of carbonyl (C=O) groups excluding carboxylic acids is 3. The number of benzene rings is 1. The van der Waals surface area contributed by atoms with Gasteiger partial charge in [-0.2, -0.15) is 5.01 Å². The van der Waals surface area contributed by atoms with Gasteiger partial charge >= 0.3 is 0 Å². The highest BCUT2D eigenvalue weighted by atomic mass is 35.5. The number of nitrogens with zero attached hydrogens (tertiary/aromatic N) is 1. The number of ether oxygens (including phenoxy) is 1. The molecule has 3 atom stereocenters. The Bertz CT molecular complexity index is 716. The number of carbonyl (C=O) groups is 3. The van der Waals surface area contributed by atoms with Crippen molar-refractivity contribution in [2.24, 2.45) is 11.8 Å². The lowest BCUT2D eigenvalue weighted by atomic mass is 9.81. The van der Waals surface area contributed by atoms with Crippen LogP contribution in [0.25, 0.3) is 0 Å². The van der Waals surface area contributed by atoms with Gasteiger partial charge < -0.3 is 4.74 Å². The van der Waals surface area contributed by atoms with E-state index < -0.39 is 12.0 Å². The maximum absolute atomic E-state index is 12.6. The molecule has 1 aromatic carbocycles. The van der Waals surface area contributed by atoms with Gasteiger partial charge in [0.2, 0.25) is 0 Å². The van der Waals surface area contributed by atoms with Gasteiger partial charge in [0.15, 0.2) is 6.10 Å². The van der Waals surface area contributed by atoms with Crippen molar-refractivity contribution in [3.05, 3.63) is 28.2 Å². The summed E-state index contributed by atoms with van der Waals surface area (Å²) in [5.74, 6) is -1.59. The van der Waals surface area contributed by atoms with Gasteiger partial charge in [0.25, 0.3) is 17.7 Å². The molecule has 0 aromatic heterocycles. The first-order valence-electron chi connectivity index (χ1n) is 8.72. The molecule has 3 amide bonds. The number of hydrazine groups is 1. The molecule has 0 spiro atoms. The molecular formula is C18H20Cl2N2O4. The third-order valence-electron chi connectivity index (χ3n) is 4.89. The highest BCUT2D eigenvalue weighted by molar-refractivity contribution is 6.34. The molecular weight excluding hydrogens is 379 g/mol. The standard InChI is InChI=1S/C18H20Cl2N2O4/c1-2-14(26-15-9-10(19)7-8-13(15)20)16(23)21-22-17(24)11-5-3-4-6-12(11)18(22)25/h7-9,11-12,14H,2-6H2,1H3,(H,21,23)/t11-,12+,14-/m0/s1. The van der Waals surface area contributed by atoms with Crippen molar-refractivity contribution in [3.8, 4) is 5.75 Å². The minimum atomic E-state index is -0.908. The van der Waals surface area contributed by atoms with E-state index in [1.807, 2.05) is 0 Å². The molecule has 1 N–H and O–H groups in total. The predicted octanol–water partition coefficient (Wildman–Crippen LogP) is 3.36. The Kier molecular flexibility index (Phi) is 5.73. The lowest BCUT2D eigenvalue weighted by Gasteiger charge is -2.22. The lowest BCUT2D eigenvalue weighted by molar-refractivity contribution is -0.151. The minimum absolute atomic E-state index is 0.272. The fourth-order valence-electron chi connectivity index (χ4n) is 3.50. The van der Waals surface area contributed by atoms with Crippen LogP contribution < -0.4 is 10.2 Å². The maximum Gasteiger partial charge on any atom is 0.279 e. The van der Waals surface area contributed by atoms with E-state index in [1.165, 1.54) is 6.07 Å². The molecule has 1 saturated carbocycles. The van der Waals surface area contributed by atoms with Crippen LogP contribution in [0.3, 0.4) is 0 Å². The molecule has 1 aliphatic carbocycles. The molecule has 1 aromatic rings. The molecule has 6 nitrogen and oxygen atoms in total. The molecule has 8 heteroatoms. The van der Waals surface area contributed by atoms with E-state index in [4.69, 9.17) is 27.9 Å². The summed E-state index contributed by atoms with van der Waals surface area (Å²) < 4.78 is 5.66. The average Bonchev–Trinajstić information content (AvgIpc) is 2.87. The van der Waals surface area contributed by atoms with Gasteiger partial charge in [-0.05, 0) is 31.4 Å². The molecule has 140 valence electrons. The van der Waals surface area contributed by atoms with E-state index in [-0.39, 0.29) is 29.4 Å². The number of nitrogens with one attached hydrogen (secondary N) is 1. The van der Waals surface area contributed by atoms with Gasteiger partial charge in [0, 0.05) is 11.1 Å². The maximum atomic E-state index is 12.6. The van der Waals surface area contributed by atoms with E-state index in [2.05, 4.69) is 5.43 Å². The predicted molar refractivity (Wildman–Crippen MR) is 96.6 cm³/mol. The number of hydrogen-bond donors (Lipinski definition) is 1. The number of halogens is 2. The van der Waals surface area contributed by atoms with E-state index in [1.54, 1.807) is 19.1 Å². The zero-order valence-corrected chi connectivity index (χ0v) is 15.8. The normalized spacial score (nSPS) is 23.6. The first kappa shape index (κ1) is 19.0. The summed E-state index contributed by atoms with van der Waals surface area (Å²) >= 11 is 12.0. The van der Waals surface area contributed by atoms with Crippen LogP contribution >= 0.6 is 23.2 Å². The Morgan fingerprint density at radius 2 is 1.85 bits per heavy atom. The fraction of sp³-hybridized carbons (Fsp3) is 0.500. The summed E-state index contributed by atoms with van der Waals surface area (Å²) in [5.41, 5.74) is 2.43. The Balaban J connectivity index is 1.70. The number of rotatable bonds is 5. The van der Waals surface area contributed by atoms with Crippen LogP contribution in [-0.2, 0) is 14.4 Å². The van der Waals surface area contributed by atoms with Crippen LogP contribution in [0.2, 0.25) is 10.0 Å². The Morgan fingerprint density at radius 1 is 1.23 bits per heavy atom. The molecule has 2 fully saturated rings. The second-order valence-electron chi connectivity index (χ2n) is 6.57. The van der Waals surface area contributed by atoms with Crippen molar-refractivity contribution < 1.29 is 19.1 Å². The van der Waals surface area contributed by atoms with Gasteiger partial charge in [-0.1, -0.05) is 43.0 Å². The molecule has 0 unspecified atom stereocenters. The first-order chi connectivity index (χ1) is 12.4. The summed E-state index contributed by atoms with van der Waals surface area (Å²) in [5, 5.41) is 1.61. The van der Waals surface area contributed by atoms with E-state index in [0.717, 1.165) is 17.9 Å². The van der Waals surface area contributed by atoms with Crippen LogP contribution in [0.15, 0.2) is 18.2 Å².